The Hall–Kier alpha value is -3.60. The number of carbonyl (C=O) groups is 1. The van der Waals surface area contributed by atoms with Crippen LogP contribution in [0.25, 0.3) is 0 Å². The van der Waals surface area contributed by atoms with E-state index in [2.05, 4.69) is 10.6 Å². The second kappa shape index (κ2) is 6.88. The molecule has 0 bridgehead atoms. The van der Waals surface area contributed by atoms with Crippen LogP contribution in [-0.2, 0) is 0 Å². The Morgan fingerprint density at radius 2 is 2.12 bits per heavy atom. The molecule has 2 N–H and O–H groups in total. The average molecular weight is 337 g/mol. The number of amides is 2. The molecule has 0 spiro atoms. The van der Waals surface area contributed by atoms with Crippen molar-refractivity contribution in [2.75, 3.05) is 23.3 Å². The fraction of sp³-hybridized carbons (Fsp3) is 0.176. The molecule has 2 aromatic rings. The maximum atomic E-state index is 12.0. The minimum Gasteiger partial charge on any atom is -0.354 e. The standard InChI is InChI=1S/C17H15N5O3/c18-11-12-9-15(22(24)25)5-6-16(12)20-13-3-1-4-14(10-13)21-8-2-7-19-17(21)23/h1,3-6,9-10,20H,2,7-8H2,(H,19,23). The highest BCUT2D eigenvalue weighted by atomic mass is 16.6. The van der Waals surface area contributed by atoms with Gasteiger partial charge >= 0.3 is 6.03 Å². The minimum absolute atomic E-state index is 0.138. The first-order chi connectivity index (χ1) is 12.1. The molecule has 1 fully saturated rings. The van der Waals surface area contributed by atoms with E-state index in [0.717, 1.165) is 12.1 Å². The molecule has 8 heteroatoms. The summed E-state index contributed by atoms with van der Waals surface area (Å²) >= 11 is 0. The summed E-state index contributed by atoms with van der Waals surface area (Å²) in [5.74, 6) is 0. The predicted octanol–water partition coefficient (Wildman–Crippen LogP) is 3.13. The van der Waals surface area contributed by atoms with Crippen LogP contribution in [-0.4, -0.2) is 24.0 Å². The number of nitriles is 1. The number of carbonyl (C=O) groups excluding carboxylic acids is 1. The van der Waals surface area contributed by atoms with Crippen LogP contribution < -0.4 is 15.5 Å². The zero-order chi connectivity index (χ0) is 17.8. The van der Waals surface area contributed by atoms with E-state index in [9.17, 15) is 20.2 Å². The first-order valence-corrected chi connectivity index (χ1v) is 7.69. The lowest BCUT2D eigenvalue weighted by Crippen LogP contribution is -2.46. The van der Waals surface area contributed by atoms with Gasteiger partial charge in [-0.15, -0.1) is 0 Å². The number of benzene rings is 2. The van der Waals surface area contributed by atoms with Gasteiger partial charge in [0.1, 0.15) is 6.07 Å². The number of anilines is 3. The molecule has 0 aromatic heterocycles. The summed E-state index contributed by atoms with van der Waals surface area (Å²) in [7, 11) is 0. The number of non-ortho nitro benzene ring substituents is 1. The van der Waals surface area contributed by atoms with Crippen LogP contribution in [0.5, 0.6) is 0 Å². The molecule has 0 saturated carbocycles. The molecular weight excluding hydrogens is 322 g/mol. The van der Waals surface area contributed by atoms with Crippen molar-refractivity contribution in [2.45, 2.75) is 6.42 Å². The van der Waals surface area contributed by atoms with E-state index < -0.39 is 4.92 Å². The second-order valence-electron chi connectivity index (χ2n) is 5.51. The van der Waals surface area contributed by atoms with Gasteiger partial charge < -0.3 is 10.6 Å². The molecule has 0 aliphatic carbocycles. The van der Waals surface area contributed by atoms with Crippen molar-refractivity contribution >= 4 is 28.8 Å². The van der Waals surface area contributed by atoms with Crippen molar-refractivity contribution < 1.29 is 9.72 Å². The smallest absolute Gasteiger partial charge is 0.321 e. The van der Waals surface area contributed by atoms with E-state index in [1.54, 1.807) is 23.1 Å². The molecule has 0 unspecified atom stereocenters. The molecule has 25 heavy (non-hydrogen) atoms. The number of rotatable bonds is 4. The molecule has 126 valence electrons. The molecule has 1 aliphatic rings. The highest BCUT2D eigenvalue weighted by Crippen LogP contribution is 2.27. The number of nitrogens with zero attached hydrogens (tertiary/aromatic N) is 3. The van der Waals surface area contributed by atoms with Crippen molar-refractivity contribution in [2.24, 2.45) is 0 Å². The third-order valence-electron chi connectivity index (χ3n) is 3.85. The van der Waals surface area contributed by atoms with Gasteiger partial charge in [-0.2, -0.15) is 5.26 Å². The zero-order valence-corrected chi connectivity index (χ0v) is 13.2. The van der Waals surface area contributed by atoms with Gasteiger partial charge in [0, 0.05) is 36.6 Å². The molecule has 0 atom stereocenters. The van der Waals surface area contributed by atoms with Crippen molar-refractivity contribution in [1.29, 1.82) is 5.26 Å². The summed E-state index contributed by atoms with van der Waals surface area (Å²) in [6.07, 6.45) is 0.865. The fourth-order valence-corrected chi connectivity index (χ4v) is 2.63. The predicted molar refractivity (Wildman–Crippen MR) is 92.9 cm³/mol. The summed E-state index contributed by atoms with van der Waals surface area (Å²) < 4.78 is 0. The topological polar surface area (TPSA) is 111 Å². The lowest BCUT2D eigenvalue weighted by molar-refractivity contribution is -0.384. The van der Waals surface area contributed by atoms with Crippen molar-refractivity contribution in [3.8, 4) is 6.07 Å². The Bertz CT molecular complexity index is 875. The molecule has 1 saturated heterocycles. The highest BCUT2D eigenvalue weighted by molar-refractivity contribution is 5.93. The monoisotopic (exact) mass is 337 g/mol. The van der Waals surface area contributed by atoms with Crippen LogP contribution in [0.4, 0.5) is 27.5 Å². The normalized spacial score (nSPS) is 13.7. The van der Waals surface area contributed by atoms with Crippen LogP contribution in [0.1, 0.15) is 12.0 Å². The van der Waals surface area contributed by atoms with Gasteiger partial charge in [0.05, 0.1) is 16.2 Å². The maximum Gasteiger partial charge on any atom is 0.321 e. The van der Waals surface area contributed by atoms with Gasteiger partial charge in [0.2, 0.25) is 0 Å². The van der Waals surface area contributed by atoms with Crippen molar-refractivity contribution in [1.82, 2.24) is 5.32 Å². The SMILES string of the molecule is N#Cc1cc([N+](=O)[O-])ccc1Nc1cccc(N2CCCNC2=O)c1. The second-order valence-corrected chi connectivity index (χ2v) is 5.51. The van der Waals surface area contributed by atoms with Gasteiger partial charge in [0.15, 0.2) is 0 Å². The number of urea groups is 1. The first kappa shape index (κ1) is 16.3. The largest absolute Gasteiger partial charge is 0.354 e. The van der Waals surface area contributed by atoms with E-state index >= 15 is 0 Å². The maximum absolute atomic E-state index is 12.0. The Morgan fingerprint density at radius 1 is 1.28 bits per heavy atom. The molecule has 8 nitrogen and oxygen atoms in total. The Kier molecular flexibility index (Phi) is 4.48. The van der Waals surface area contributed by atoms with Gasteiger partial charge in [-0.25, -0.2) is 4.79 Å². The van der Waals surface area contributed by atoms with Crippen molar-refractivity contribution in [3.05, 3.63) is 58.1 Å². The first-order valence-electron chi connectivity index (χ1n) is 7.69. The van der Waals surface area contributed by atoms with Crippen LogP contribution in [0.3, 0.4) is 0 Å². The lowest BCUT2D eigenvalue weighted by atomic mass is 10.1. The molecule has 3 rings (SSSR count). The van der Waals surface area contributed by atoms with Crippen LogP contribution >= 0.6 is 0 Å². The van der Waals surface area contributed by atoms with Gasteiger partial charge in [-0.1, -0.05) is 6.07 Å². The zero-order valence-electron chi connectivity index (χ0n) is 13.2. The van der Waals surface area contributed by atoms with E-state index in [1.165, 1.54) is 18.2 Å². The van der Waals surface area contributed by atoms with E-state index in [4.69, 9.17) is 0 Å². The molecule has 2 aromatic carbocycles. The highest BCUT2D eigenvalue weighted by Gasteiger charge is 2.19. The lowest BCUT2D eigenvalue weighted by Gasteiger charge is -2.27. The van der Waals surface area contributed by atoms with Crippen LogP contribution in [0, 0.1) is 21.4 Å². The molecule has 0 radical (unpaired) electrons. The summed E-state index contributed by atoms with van der Waals surface area (Å²) in [5, 5.41) is 25.9. The molecule has 2 amide bonds. The quantitative estimate of drug-likeness (QED) is 0.657. The summed E-state index contributed by atoms with van der Waals surface area (Å²) in [6.45, 7) is 1.30. The van der Waals surface area contributed by atoms with Gasteiger partial charge in [0.25, 0.3) is 5.69 Å². The third-order valence-corrected chi connectivity index (χ3v) is 3.85. The number of nitro benzene ring substituents is 1. The van der Waals surface area contributed by atoms with Gasteiger partial charge in [-0.3, -0.25) is 15.0 Å². The summed E-state index contributed by atoms with van der Waals surface area (Å²) in [5.41, 5.74) is 1.92. The number of hydrogen-bond donors (Lipinski definition) is 2. The van der Waals surface area contributed by atoms with Gasteiger partial charge in [-0.05, 0) is 30.7 Å². The summed E-state index contributed by atoms with van der Waals surface area (Å²) in [4.78, 5) is 23.9. The van der Waals surface area contributed by atoms with E-state index in [-0.39, 0.29) is 17.3 Å². The Labute approximate surface area is 143 Å². The van der Waals surface area contributed by atoms with Crippen LogP contribution in [0.2, 0.25) is 0 Å². The molecular formula is C17H15N5O3. The average Bonchev–Trinajstić information content (AvgIpc) is 2.62. The Morgan fingerprint density at radius 3 is 2.84 bits per heavy atom. The summed E-state index contributed by atoms with van der Waals surface area (Å²) in [6, 6.07) is 13.1. The Balaban J connectivity index is 1.86. The fourth-order valence-electron chi connectivity index (χ4n) is 2.63. The van der Waals surface area contributed by atoms with E-state index in [1.807, 2.05) is 12.1 Å². The third kappa shape index (κ3) is 3.50. The number of hydrogen-bond acceptors (Lipinski definition) is 5. The minimum atomic E-state index is -0.541. The van der Waals surface area contributed by atoms with E-state index in [0.29, 0.717) is 24.5 Å². The molecule has 1 heterocycles. The number of nitro groups is 1. The van der Waals surface area contributed by atoms with Crippen LogP contribution in [0.15, 0.2) is 42.5 Å². The number of nitrogens with one attached hydrogen (secondary N) is 2. The van der Waals surface area contributed by atoms with Crippen molar-refractivity contribution in [3.63, 3.8) is 0 Å². The molecule has 1 aliphatic heterocycles.